The molecule has 6 heteroatoms. The Kier molecular flexibility index (Phi) is 6.20. The highest BCUT2D eigenvalue weighted by atomic mass is 32.2. The zero-order chi connectivity index (χ0) is 16.0. The van der Waals surface area contributed by atoms with Crippen molar-refractivity contribution in [1.82, 2.24) is 5.32 Å². The zero-order valence-corrected chi connectivity index (χ0v) is 14.7. The monoisotopic (exact) mass is 337 g/mol. The van der Waals surface area contributed by atoms with E-state index in [1.807, 2.05) is 36.0 Å². The number of thioether (sulfide) groups is 2. The Balaban J connectivity index is 2.09. The van der Waals surface area contributed by atoms with Crippen molar-refractivity contribution >= 4 is 34.6 Å². The van der Waals surface area contributed by atoms with Crippen molar-refractivity contribution in [2.24, 2.45) is 10.7 Å². The summed E-state index contributed by atoms with van der Waals surface area (Å²) in [5.74, 6) is 2.94. The minimum atomic E-state index is -0.330. The molecular formula is C16H23N3OS2. The molecular weight excluding hydrogens is 314 g/mol. The van der Waals surface area contributed by atoms with Crippen LogP contribution in [0.5, 0.6) is 0 Å². The summed E-state index contributed by atoms with van der Waals surface area (Å²) in [7, 11) is 0. The van der Waals surface area contributed by atoms with Crippen molar-refractivity contribution in [3.63, 3.8) is 0 Å². The van der Waals surface area contributed by atoms with Gasteiger partial charge in [-0.05, 0) is 36.8 Å². The number of carbonyl (C=O) groups is 1. The van der Waals surface area contributed by atoms with Crippen LogP contribution in [0.15, 0.2) is 29.3 Å². The number of nitrogens with two attached hydrogens (primary N) is 1. The van der Waals surface area contributed by atoms with Gasteiger partial charge in [0.05, 0.1) is 5.54 Å². The summed E-state index contributed by atoms with van der Waals surface area (Å²) < 4.78 is 0. The Morgan fingerprint density at radius 3 is 3.09 bits per heavy atom. The highest BCUT2D eigenvalue weighted by Gasteiger charge is 2.29. The number of aliphatic imine (C=N–C) groups is 1. The summed E-state index contributed by atoms with van der Waals surface area (Å²) in [6.45, 7) is 4.89. The normalized spacial score (nSPS) is 21.3. The molecule has 2 rings (SSSR count). The lowest BCUT2D eigenvalue weighted by atomic mass is 9.89. The predicted octanol–water partition coefficient (Wildman–Crippen LogP) is 2.84. The van der Waals surface area contributed by atoms with Crippen molar-refractivity contribution in [1.29, 1.82) is 0 Å². The van der Waals surface area contributed by atoms with E-state index >= 15 is 0 Å². The molecule has 1 aliphatic heterocycles. The number of amidine groups is 1. The number of carbonyl (C=O) groups excluding carboxylic acids is 1. The van der Waals surface area contributed by atoms with E-state index in [4.69, 9.17) is 5.73 Å². The number of amides is 1. The number of nitrogens with zero attached hydrogens (tertiary/aromatic N) is 1. The van der Waals surface area contributed by atoms with Gasteiger partial charge in [-0.25, -0.2) is 0 Å². The van der Waals surface area contributed by atoms with Gasteiger partial charge in [0.15, 0.2) is 5.17 Å². The van der Waals surface area contributed by atoms with E-state index in [1.165, 1.54) is 0 Å². The topological polar surface area (TPSA) is 67.5 Å². The minimum absolute atomic E-state index is 0.0238. The molecule has 0 fully saturated rings. The fraction of sp³-hybridized carbons (Fsp3) is 0.500. The van der Waals surface area contributed by atoms with Gasteiger partial charge in [0.2, 0.25) is 0 Å². The highest BCUT2D eigenvalue weighted by molar-refractivity contribution is 8.13. The third-order valence-corrected chi connectivity index (χ3v) is 5.37. The number of hydrogen-bond acceptors (Lipinski definition) is 5. The molecule has 1 heterocycles. The Bertz CT molecular complexity index is 562. The van der Waals surface area contributed by atoms with Crippen LogP contribution in [0.25, 0.3) is 0 Å². The first-order valence-corrected chi connectivity index (χ1v) is 9.64. The van der Waals surface area contributed by atoms with Crippen LogP contribution >= 0.6 is 23.5 Å². The quantitative estimate of drug-likeness (QED) is 0.783. The summed E-state index contributed by atoms with van der Waals surface area (Å²) in [5, 5.41) is 3.59. The minimum Gasteiger partial charge on any atom is -0.379 e. The maximum Gasteiger partial charge on any atom is 0.251 e. The summed E-state index contributed by atoms with van der Waals surface area (Å²) in [6, 6.07) is 7.73. The van der Waals surface area contributed by atoms with Gasteiger partial charge in [-0.1, -0.05) is 30.8 Å². The smallest absolute Gasteiger partial charge is 0.251 e. The molecule has 0 aliphatic carbocycles. The van der Waals surface area contributed by atoms with E-state index in [9.17, 15) is 4.79 Å². The van der Waals surface area contributed by atoms with Crippen LogP contribution in [0.1, 0.15) is 36.2 Å². The van der Waals surface area contributed by atoms with Crippen molar-refractivity contribution in [2.75, 3.05) is 23.8 Å². The van der Waals surface area contributed by atoms with E-state index in [2.05, 4.69) is 24.2 Å². The van der Waals surface area contributed by atoms with Crippen LogP contribution in [0.2, 0.25) is 0 Å². The molecule has 0 saturated carbocycles. The fourth-order valence-electron chi connectivity index (χ4n) is 2.37. The Hall–Kier alpha value is -1.14. The van der Waals surface area contributed by atoms with E-state index < -0.39 is 0 Å². The van der Waals surface area contributed by atoms with Gasteiger partial charge in [0.1, 0.15) is 0 Å². The van der Waals surface area contributed by atoms with Gasteiger partial charge >= 0.3 is 0 Å². The van der Waals surface area contributed by atoms with E-state index in [0.717, 1.165) is 29.2 Å². The molecule has 1 aliphatic rings. The molecule has 22 heavy (non-hydrogen) atoms. The molecule has 3 N–H and O–H groups in total. The highest BCUT2D eigenvalue weighted by Crippen LogP contribution is 2.35. The Morgan fingerprint density at radius 2 is 2.36 bits per heavy atom. The van der Waals surface area contributed by atoms with Crippen LogP contribution in [0.3, 0.4) is 0 Å². The number of nitrogens with one attached hydrogen (secondary N) is 1. The van der Waals surface area contributed by atoms with Crippen LogP contribution in [-0.2, 0) is 5.54 Å². The van der Waals surface area contributed by atoms with Crippen LogP contribution in [-0.4, -0.2) is 34.9 Å². The van der Waals surface area contributed by atoms with Gasteiger partial charge in [-0.15, -0.1) is 0 Å². The SMILES string of the molecule is CCSCCNC(=O)c1cccc(C2(C)CCSC(N)=N2)c1. The second kappa shape index (κ2) is 7.92. The molecule has 1 amide bonds. The lowest BCUT2D eigenvalue weighted by molar-refractivity contribution is 0.0956. The van der Waals surface area contributed by atoms with Gasteiger partial charge in [-0.3, -0.25) is 9.79 Å². The standard InChI is InChI=1S/C16H23N3OS2/c1-3-21-10-8-18-14(20)12-5-4-6-13(11-12)16(2)7-9-22-15(17)19-16/h4-6,11H,3,7-10H2,1-2H3,(H2,17,19)(H,18,20). The molecule has 0 aromatic heterocycles. The van der Waals surface area contributed by atoms with E-state index in [0.29, 0.717) is 17.3 Å². The summed E-state index contributed by atoms with van der Waals surface area (Å²) in [5.41, 5.74) is 7.28. The van der Waals surface area contributed by atoms with Crippen molar-refractivity contribution in [3.05, 3.63) is 35.4 Å². The summed E-state index contributed by atoms with van der Waals surface area (Å²) in [6.07, 6.45) is 0.927. The average Bonchev–Trinajstić information content (AvgIpc) is 2.51. The maximum atomic E-state index is 12.2. The first-order valence-electron chi connectivity index (χ1n) is 7.50. The molecule has 120 valence electrons. The maximum absolute atomic E-state index is 12.2. The third-order valence-electron chi connectivity index (χ3n) is 3.68. The second-order valence-corrected chi connectivity index (χ2v) is 7.87. The molecule has 4 nitrogen and oxygen atoms in total. The van der Waals surface area contributed by atoms with Gasteiger partial charge in [-0.2, -0.15) is 11.8 Å². The largest absolute Gasteiger partial charge is 0.379 e. The Labute approximate surface area is 140 Å². The summed E-state index contributed by atoms with van der Waals surface area (Å²) >= 11 is 3.41. The van der Waals surface area contributed by atoms with Crippen LogP contribution < -0.4 is 11.1 Å². The first-order chi connectivity index (χ1) is 10.5. The van der Waals surface area contributed by atoms with Crippen LogP contribution in [0, 0.1) is 0 Å². The van der Waals surface area contributed by atoms with Crippen molar-refractivity contribution in [3.8, 4) is 0 Å². The van der Waals surface area contributed by atoms with Gasteiger partial charge < -0.3 is 11.1 Å². The number of hydrogen-bond donors (Lipinski definition) is 2. The fourth-order valence-corrected chi connectivity index (χ4v) is 3.88. The van der Waals surface area contributed by atoms with Crippen molar-refractivity contribution in [2.45, 2.75) is 25.8 Å². The molecule has 1 aromatic rings. The van der Waals surface area contributed by atoms with Gasteiger partial charge in [0, 0.05) is 23.6 Å². The molecule has 0 saturated heterocycles. The van der Waals surface area contributed by atoms with Crippen molar-refractivity contribution < 1.29 is 4.79 Å². The van der Waals surface area contributed by atoms with Crippen LogP contribution in [0.4, 0.5) is 0 Å². The predicted molar refractivity (Wildman–Crippen MR) is 97.8 cm³/mol. The second-order valence-electron chi connectivity index (χ2n) is 5.36. The molecule has 0 radical (unpaired) electrons. The third kappa shape index (κ3) is 4.43. The zero-order valence-electron chi connectivity index (χ0n) is 13.1. The number of rotatable bonds is 6. The Morgan fingerprint density at radius 1 is 1.55 bits per heavy atom. The molecule has 0 spiro atoms. The number of benzene rings is 1. The average molecular weight is 338 g/mol. The summed E-state index contributed by atoms with van der Waals surface area (Å²) in [4.78, 5) is 16.8. The molecule has 1 atom stereocenters. The molecule has 1 aromatic carbocycles. The van der Waals surface area contributed by atoms with E-state index in [-0.39, 0.29) is 11.4 Å². The lowest BCUT2D eigenvalue weighted by Gasteiger charge is -2.30. The molecule has 1 unspecified atom stereocenters. The lowest BCUT2D eigenvalue weighted by Crippen LogP contribution is -2.30. The molecule has 0 bridgehead atoms. The van der Waals surface area contributed by atoms with E-state index in [1.54, 1.807) is 11.8 Å². The first kappa shape index (κ1) is 17.2. The van der Waals surface area contributed by atoms with Gasteiger partial charge in [0.25, 0.3) is 5.91 Å².